The molecule has 2 aromatic rings. The lowest BCUT2D eigenvalue weighted by molar-refractivity contribution is -0.384. The normalized spacial score (nSPS) is 10.0. The van der Waals surface area contributed by atoms with Crippen molar-refractivity contribution in [3.05, 3.63) is 64.2 Å². The van der Waals surface area contributed by atoms with Crippen LogP contribution in [0.1, 0.15) is 12.0 Å². The van der Waals surface area contributed by atoms with Crippen molar-refractivity contribution in [2.75, 3.05) is 18.5 Å². The first-order valence-corrected chi connectivity index (χ1v) is 7.83. The summed E-state index contributed by atoms with van der Waals surface area (Å²) in [5, 5.41) is 13.0. The lowest BCUT2D eigenvalue weighted by Gasteiger charge is -2.08. The van der Waals surface area contributed by atoms with E-state index in [0.29, 0.717) is 11.4 Å². The van der Waals surface area contributed by atoms with Crippen molar-refractivity contribution in [3.63, 3.8) is 0 Å². The van der Waals surface area contributed by atoms with E-state index in [1.165, 1.54) is 24.3 Å². The van der Waals surface area contributed by atoms with Crippen molar-refractivity contribution in [3.8, 4) is 5.75 Å². The van der Waals surface area contributed by atoms with Gasteiger partial charge in [0.15, 0.2) is 6.61 Å². The monoisotopic (exact) mass is 358 g/mol. The molecular weight excluding hydrogens is 340 g/mol. The molecule has 0 bridgehead atoms. The molecular formula is C18H18N2O6. The predicted molar refractivity (Wildman–Crippen MR) is 94.0 cm³/mol. The summed E-state index contributed by atoms with van der Waals surface area (Å²) in [5.74, 6) is -0.443. The Bertz CT molecular complexity index is 771. The summed E-state index contributed by atoms with van der Waals surface area (Å²) >= 11 is 0. The van der Waals surface area contributed by atoms with Gasteiger partial charge in [-0.3, -0.25) is 19.7 Å². The third-order valence-electron chi connectivity index (χ3n) is 3.32. The molecule has 0 aliphatic carbocycles. The Hall–Kier alpha value is -3.42. The fourth-order valence-corrected chi connectivity index (χ4v) is 1.97. The van der Waals surface area contributed by atoms with Gasteiger partial charge in [0.2, 0.25) is 0 Å². The maximum atomic E-state index is 11.7. The number of aryl methyl sites for hydroxylation is 1. The summed E-state index contributed by atoms with van der Waals surface area (Å²) in [6.07, 6.45) is 0.0126. The molecule has 0 radical (unpaired) electrons. The number of carbonyl (C=O) groups excluding carboxylic acids is 2. The summed E-state index contributed by atoms with van der Waals surface area (Å²) in [4.78, 5) is 33.3. The molecule has 0 saturated carbocycles. The van der Waals surface area contributed by atoms with Gasteiger partial charge in [-0.25, -0.2) is 0 Å². The zero-order chi connectivity index (χ0) is 18.9. The van der Waals surface area contributed by atoms with Crippen LogP contribution < -0.4 is 10.1 Å². The number of benzene rings is 2. The van der Waals surface area contributed by atoms with Crippen molar-refractivity contribution < 1.29 is 24.0 Å². The molecule has 0 heterocycles. The first-order valence-electron chi connectivity index (χ1n) is 7.83. The molecule has 8 heteroatoms. The SMILES string of the molecule is Cc1ccc(OCCC(=O)OCC(=O)Nc2ccc([N+](=O)[O-])cc2)cc1. The van der Waals surface area contributed by atoms with Crippen molar-refractivity contribution in [1.82, 2.24) is 0 Å². The van der Waals surface area contributed by atoms with Gasteiger partial charge in [-0.2, -0.15) is 0 Å². The van der Waals surface area contributed by atoms with E-state index in [1.807, 2.05) is 19.1 Å². The van der Waals surface area contributed by atoms with Crippen LogP contribution in [0.4, 0.5) is 11.4 Å². The topological polar surface area (TPSA) is 108 Å². The molecule has 2 aromatic carbocycles. The summed E-state index contributed by atoms with van der Waals surface area (Å²) in [5.41, 5.74) is 1.40. The minimum Gasteiger partial charge on any atom is -0.493 e. The maximum Gasteiger partial charge on any atom is 0.309 e. The number of non-ortho nitro benzene ring substituents is 1. The maximum absolute atomic E-state index is 11.7. The molecule has 1 amide bonds. The van der Waals surface area contributed by atoms with E-state index in [2.05, 4.69) is 5.32 Å². The Morgan fingerprint density at radius 2 is 1.73 bits per heavy atom. The number of rotatable bonds is 8. The summed E-state index contributed by atoms with van der Waals surface area (Å²) in [6, 6.07) is 12.7. The molecule has 0 aliphatic heterocycles. The third-order valence-corrected chi connectivity index (χ3v) is 3.32. The average Bonchev–Trinajstić information content (AvgIpc) is 2.62. The Labute approximate surface area is 149 Å². The van der Waals surface area contributed by atoms with E-state index in [4.69, 9.17) is 9.47 Å². The van der Waals surface area contributed by atoms with Crippen LogP contribution >= 0.6 is 0 Å². The van der Waals surface area contributed by atoms with Crippen molar-refractivity contribution in [1.29, 1.82) is 0 Å². The van der Waals surface area contributed by atoms with Crippen molar-refractivity contribution >= 4 is 23.3 Å². The largest absolute Gasteiger partial charge is 0.493 e. The second kappa shape index (κ2) is 9.16. The number of ether oxygens (including phenoxy) is 2. The number of nitro benzene ring substituents is 1. The molecule has 0 aromatic heterocycles. The van der Waals surface area contributed by atoms with E-state index in [-0.39, 0.29) is 18.7 Å². The van der Waals surface area contributed by atoms with Gasteiger partial charge in [0, 0.05) is 17.8 Å². The standard InChI is InChI=1S/C18H18N2O6/c1-13-2-8-16(9-3-13)25-11-10-18(22)26-12-17(21)19-14-4-6-15(7-5-14)20(23)24/h2-9H,10-12H2,1H3,(H,19,21). The van der Waals surface area contributed by atoms with Gasteiger partial charge in [-0.15, -0.1) is 0 Å². The Morgan fingerprint density at radius 1 is 1.08 bits per heavy atom. The summed E-state index contributed by atoms with van der Waals surface area (Å²) < 4.78 is 10.3. The van der Waals surface area contributed by atoms with E-state index in [0.717, 1.165) is 5.56 Å². The summed E-state index contributed by atoms with van der Waals surface area (Å²) in [7, 11) is 0. The zero-order valence-electron chi connectivity index (χ0n) is 14.1. The second-order valence-corrected chi connectivity index (χ2v) is 5.42. The molecule has 136 valence electrons. The third kappa shape index (κ3) is 6.23. The van der Waals surface area contributed by atoms with Gasteiger partial charge in [0.25, 0.3) is 11.6 Å². The smallest absolute Gasteiger partial charge is 0.309 e. The van der Waals surface area contributed by atoms with Crippen LogP contribution in [0.15, 0.2) is 48.5 Å². The molecule has 26 heavy (non-hydrogen) atoms. The molecule has 0 spiro atoms. The number of nitrogens with zero attached hydrogens (tertiary/aromatic N) is 1. The fraction of sp³-hybridized carbons (Fsp3) is 0.222. The molecule has 0 fully saturated rings. The quantitative estimate of drug-likeness (QED) is 0.442. The highest BCUT2D eigenvalue weighted by molar-refractivity contribution is 5.92. The van der Waals surface area contributed by atoms with Gasteiger partial charge in [-0.1, -0.05) is 17.7 Å². The highest BCUT2D eigenvalue weighted by Crippen LogP contribution is 2.15. The lowest BCUT2D eigenvalue weighted by Crippen LogP contribution is -2.21. The van der Waals surface area contributed by atoms with E-state index in [9.17, 15) is 19.7 Å². The van der Waals surface area contributed by atoms with Gasteiger partial charge in [-0.05, 0) is 31.2 Å². The first kappa shape index (κ1) is 18.9. The highest BCUT2D eigenvalue weighted by atomic mass is 16.6. The fourth-order valence-electron chi connectivity index (χ4n) is 1.97. The van der Waals surface area contributed by atoms with E-state index in [1.54, 1.807) is 12.1 Å². The average molecular weight is 358 g/mol. The number of esters is 1. The van der Waals surface area contributed by atoms with Gasteiger partial charge in [0.1, 0.15) is 5.75 Å². The van der Waals surface area contributed by atoms with Crippen LogP contribution in [0, 0.1) is 17.0 Å². The number of hydrogen-bond acceptors (Lipinski definition) is 6. The van der Waals surface area contributed by atoms with Crippen molar-refractivity contribution in [2.45, 2.75) is 13.3 Å². The molecule has 2 rings (SSSR count). The van der Waals surface area contributed by atoms with Crippen LogP contribution in [-0.4, -0.2) is 30.0 Å². The van der Waals surface area contributed by atoms with Gasteiger partial charge in [0.05, 0.1) is 18.0 Å². The second-order valence-electron chi connectivity index (χ2n) is 5.42. The molecule has 0 unspecified atom stereocenters. The first-order chi connectivity index (χ1) is 12.4. The Morgan fingerprint density at radius 3 is 2.35 bits per heavy atom. The molecule has 1 N–H and O–H groups in total. The number of carbonyl (C=O) groups is 2. The molecule has 8 nitrogen and oxygen atoms in total. The van der Waals surface area contributed by atoms with E-state index >= 15 is 0 Å². The van der Waals surface area contributed by atoms with Gasteiger partial charge < -0.3 is 14.8 Å². The zero-order valence-corrected chi connectivity index (χ0v) is 14.1. The van der Waals surface area contributed by atoms with Crippen LogP contribution in [0.25, 0.3) is 0 Å². The summed E-state index contributed by atoms with van der Waals surface area (Å²) in [6.45, 7) is 1.66. The highest BCUT2D eigenvalue weighted by Gasteiger charge is 2.10. The number of nitrogens with one attached hydrogen (secondary N) is 1. The van der Waals surface area contributed by atoms with Gasteiger partial charge >= 0.3 is 5.97 Å². The number of hydrogen-bond donors (Lipinski definition) is 1. The predicted octanol–water partition coefficient (Wildman–Crippen LogP) is 2.85. The minimum absolute atomic E-state index is 0.0126. The minimum atomic E-state index is -0.559. The van der Waals surface area contributed by atoms with Crippen LogP contribution in [-0.2, 0) is 14.3 Å². The lowest BCUT2D eigenvalue weighted by atomic mass is 10.2. The van der Waals surface area contributed by atoms with E-state index < -0.39 is 23.4 Å². The number of nitro groups is 1. The number of anilines is 1. The van der Waals surface area contributed by atoms with Crippen LogP contribution in [0.5, 0.6) is 5.75 Å². The molecule has 0 aliphatic rings. The van der Waals surface area contributed by atoms with Crippen molar-refractivity contribution in [2.24, 2.45) is 0 Å². The Balaban J connectivity index is 1.67. The molecule has 0 atom stereocenters. The number of amides is 1. The van der Waals surface area contributed by atoms with Crippen LogP contribution in [0.3, 0.4) is 0 Å². The Kier molecular flexibility index (Phi) is 6.67. The van der Waals surface area contributed by atoms with Crippen LogP contribution in [0.2, 0.25) is 0 Å². The molecule has 0 saturated heterocycles.